The first-order chi connectivity index (χ1) is 7.08. The lowest BCUT2D eigenvalue weighted by Gasteiger charge is -2.19. The predicted octanol–water partition coefficient (Wildman–Crippen LogP) is 2.18. The molecule has 1 aliphatic rings. The van der Waals surface area contributed by atoms with Crippen LogP contribution in [0.25, 0.3) is 0 Å². The van der Waals surface area contributed by atoms with Crippen LogP contribution >= 0.6 is 11.6 Å². The molecule has 82 valence electrons. The molecule has 1 heterocycles. The van der Waals surface area contributed by atoms with E-state index < -0.39 is 0 Å². The van der Waals surface area contributed by atoms with Crippen LogP contribution in [-0.2, 0) is 0 Å². The third-order valence-electron chi connectivity index (χ3n) is 2.91. The Hall–Kier alpha value is -0.640. The highest BCUT2D eigenvalue weighted by Crippen LogP contribution is 2.31. The molecule has 15 heavy (non-hydrogen) atoms. The molecule has 0 aliphatic carbocycles. The normalized spacial score (nSPS) is 27.2. The van der Waals surface area contributed by atoms with E-state index in [1.54, 1.807) is 6.07 Å². The van der Waals surface area contributed by atoms with Gasteiger partial charge in [0.05, 0.1) is 5.02 Å². The number of rotatable bonds is 1. The molecule has 2 unspecified atom stereocenters. The first-order valence-electron chi connectivity index (χ1n) is 4.98. The van der Waals surface area contributed by atoms with Crippen LogP contribution in [0.5, 0.6) is 0 Å². The maximum atomic E-state index is 13.3. The minimum Gasteiger partial charge on any atom is -0.326 e. The number of hydrogen-bond donors (Lipinski definition) is 1. The Morgan fingerprint density at radius 3 is 2.80 bits per heavy atom. The zero-order chi connectivity index (χ0) is 11.0. The highest BCUT2D eigenvalue weighted by molar-refractivity contribution is 6.30. The van der Waals surface area contributed by atoms with Crippen molar-refractivity contribution in [1.82, 2.24) is 4.90 Å². The van der Waals surface area contributed by atoms with Crippen molar-refractivity contribution >= 4 is 11.6 Å². The third kappa shape index (κ3) is 2.14. The quantitative estimate of drug-likeness (QED) is 0.799. The number of likely N-dealkylation sites (tertiary alicyclic amines) is 1. The Bertz CT molecular complexity index is 370. The molecule has 0 aromatic heterocycles. The van der Waals surface area contributed by atoms with Gasteiger partial charge in [-0.3, -0.25) is 4.90 Å². The minimum atomic E-state index is -0.358. The fourth-order valence-corrected chi connectivity index (χ4v) is 2.27. The summed E-state index contributed by atoms with van der Waals surface area (Å²) in [6.45, 7) is 0.856. The zero-order valence-electron chi connectivity index (χ0n) is 8.58. The number of halogens is 2. The van der Waals surface area contributed by atoms with Crippen LogP contribution in [0, 0.1) is 5.82 Å². The number of hydrogen-bond acceptors (Lipinski definition) is 2. The highest BCUT2D eigenvalue weighted by Gasteiger charge is 2.28. The largest absolute Gasteiger partial charge is 0.326 e. The second-order valence-corrected chi connectivity index (χ2v) is 4.53. The van der Waals surface area contributed by atoms with Gasteiger partial charge in [0.2, 0.25) is 0 Å². The van der Waals surface area contributed by atoms with Crippen LogP contribution in [0.3, 0.4) is 0 Å². The van der Waals surface area contributed by atoms with Gasteiger partial charge in [0.25, 0.3) is 0 Å². The first kappa shape index (κ1) is 10.9. The molecule has 1 aromatic rings. The molecule has 2 atom stereocenters. The standard InChI is InChI=1S/C11H14ClFN2/c1-15-6-8(14)5-11(15)7-2-3-9(12)10(13)4-7/h2-4,8,11H,5-6,14H2,1H3. The molecular formula is C11H14ClFN2. The molecule has 2 nitrogen and oxygen atoms in total. The van der Waals surface area contributed by atoms with Crippen molar-refractivity contribution in [1.29, 1.82) is 0 Å². The molecule has 1 saturated heterocycles. The van der Waals surface area contributed by atoms with Crippen molar-refractivity contribution in [2.75, 3.05) is 13.6 Å². The van der Waals surface area contributed by atoms with Crippen molar-refractivity contribution in [3.8, 4) is 0 Å². The summed E-state index contributed by atoms with van der Waals surface area (Å²) in [5.74, 6) is -0.358. The maximum absolute atomic E-state index is 13.3. The zero-order valence-corrected chi connectivity index (χ0v) is 9.34. The molecule has 0 bridgehead atoms. The molecule has 2 rings (SSSR count). The number of likely N-dealkylation sites (N-methyl/N-ethyl adjacent to an activating group) is 1. The lowest BCUT2D eigenvalue weighted by atomic mass is 10.0. The SMILES string of the molecule is CN1CC(N)CC1c1ccc(Cl)c(F)c1. The molecule has 4 heteroatoms. The van der Waals surface area contributed by atoms with Crippen molar-refractivity contribution in [3.05, 3.63) is 34.6 Å². The summed E-state index contributed by atoms with van der Waals surface area (Å²) >= 11 is 5.64. The Labute approximate surface area is 93.8 Å². The van der Waals surface area contributed by atoms with E-state index in [1.165, 1.54) is 6.07 Å². The number of nitrogens with zero attached hydrogens (tertiary/aromatic N) is 1. The van der Waals surface area contributed by atoms with Gasteiger partial charge in [0.1, 0.15) is 5.82 Å². The van der Waals surface area contributed by atoms with Crippen LogP contribution in [0.1, 0.15) is 18.0 Å². The molecule has 2 N–H and O–H groups in total. The molecule has 1 aliphatic heterocycles. The van der Waals surface area contributed by atoms with Gasteiger partial charge in [0.15, 0.2) is 0 Å². The third-order valence-corrected chi connectivity index (χ3v) is 3.22. The summed E-state index contributed by atoms with van der Waals surface area (Å²) in [4.78, 5) is 2.15. The lowest BCUT2D eigenvalue weighted by molar-refractivity contribution is 0.315. The minimum absolute atomic E-state index is 0.170. The van der Waals surface area contributed by atoms with E-state index in [2.05, 4.69) is 4.90 Å². The van der Waals surface area contributed by atoms with E-state index in [9.17, 15) is 4.39 Å². The molecule has 0 amide bonds. The number of nitrogens with two attached hydrogens (primary N) is 1. The molecular weight excluding hydrogens is 215 g/mol. The van der Waals surface area contributed by atoms with Gasteiger partial charge in [0, 0.05) is 18.6 Å². The highest BCUT2D eigenvalue weighted by atomic mass is 35.5. The molecule has 1 aromatic carbocycles. The fourth-order valence-electron chi connectivity index (χ4n) is 2.15. The average Bonchev–Trinajstić information content (AvgIpc) is 2.50. The molecule has 0 saturated carbocycles. The topological polar surface area (TPSA) is 29.3 Å². The summed E-state index contributed by atoms with van der Waals surface area (Å²) in [6.07, 6.45) is 0.873. The summed E-state index contributed by atoms with van der Waals surface area (Å²) in [5, 5.41) is 0.170. The van der Waals surface area contributed by atoms with E-state index >= 15 is 0 Å². The van der Waals surface area contributed by atoms with Crippen LogP contribution in [0.2, 0.25) is 5.02 Å². The molecule has 0 radical (unpaired) electrons. The van der Waals surface area contributed by atoms with Gasteiger partial charge < -0.3 is 5.73 Å². The second kappa shape index (κ2) is 4.08. The van der Waals surface area contributed by atoms with Gasteiger partial charge in [-0.1, -0.05) is 17.7 Å². The van der Waals surface area contributed by atoms with Crippen LogP contribution in [0.15, 0.2) is 18.2 Å². The van der Waals surface area contributed by atoms with E-state index in [-0.39, 0.29) is 22.9 Å². The Kier molecular flexibility index (Phi) is 2.96. The summed E-state index contributed by atoms with van der Waals surface area (Å²) in [5.41, 5.74) is 6.81. The second-order valence-electron chi connectivity index (χ2n) is 4.12. The smallest absolute Gasteiger partial charge is 0.142 e. The van der Waals surface area contributed by atoms with Gasteiger partial charge in [-0.15, -0.1) is 0 Å². The average molecular weight is 229 g/mol. The van der Waals surface area contributed by atoms with Gasteiger partial charge in [-0.25, -0.2) is 4.39 Å². The predicted molar refractivity (Wildman–Crippen MR) is 59.4 cm³/mol. The van der Waals surface area contributed by atoms with Crippen LogP contribution < -0.4 is 5.73 Å². The lowest BCUT2D eigenvalue weighted by Crippen LogP contribution is -2.24. The summed E-state index contributed by atoms with van der Waals surface area (Å²) < 4.78 is 13.3. The van der Waals surface area contributed by atoms with Crippen molar-refractivity contribution in [2.45, 2.75) is 18.5 Å². The van der Waals surface area contributed by atoms with Gasteiger partial charge >= 0.3 is 0 Å². The maximum Gasteiger partial charge on any atom is 0.142 e. The summed E-state index contributed by atoms with van der Waals surface area (Å²) in [7, 11) is 2.00. The van der Waals surface area contributed by atoms with Crippen molar-refractivity contribution < 1.29 is 4.39 Å². The Morgan fingerprint density at radius 1 is 1.53 bits per heavy atom. The van der Waals surface area contributed by atoms with Crippen LogP contribution in [-0.4, -0.2) is 24.5 Å². The van der Waals surface area contributed by atoms with E-state index in [0.29, 0.717) is 0 Å². The fraction of sp³-hybridized carbons (Fsp3) is 0.455. The van der Waals surface area contributed by atoms with E-state index in [1.807, 2.05) is 13.1 Å². The number of benzene rings is 1. The Morgan fingerprint density at radius 2 is 2.27 bits per heavy atom. The Balaban J connectivity index is 2.26. The molecule has 0 spiro atoms. The first-order valence-corrected chi connectivity index (χ1v) is 5.36. The monoisotopic (exact) mass is 228 g/mol. The van der Waals surface area contributed by atoms with Crippen molar-refractivity contribution in [2.24, 2.45) is 5.73 Å². The van der Waals surface area contributed by atoms with Gasteiger partial charge in [-0.05, 0) is 31.2 Å². The van der Waals surface area contributed by atoms with Gasteiger partial charge in [-0.2, -0.15) is 0 Å². The van der Waals surface area contributed by atoms with Crippen molar-refractivity contribution in [3.63, 3.8) is 0 Å². The summed E-state index contributed by atoms with van der Waals surface area (Å²) in [6, 6.07) is 5.36. The van der Waals surface area contributed by atoms with E-state index in [4.69, 9.17) is 17.3 Å². The van der Waals surface area contributed by atoms with E-state index in [0.717, 1.165) is 18.5 Å². The molecule has 1 fully saturated rings. The van der Waals surface area contributed by atoms with Crippen LogP contribution in [0.4, 0.5) is 4.39 Å².